The van der Waals surface area contributed by atoms with Crippen molar-refractivity contribution in [3.05, 3.63) is 0 Å². The first kappa shape index (κ1) is 10.0. The van der Waals surface area contributed by atoms with Gasteiger partial charge in [0.2, 0.25) is 0 Å². The van der Waals surface area contributed by atoms with Crippen LogP contribution in [0.2, 0.25) is 0 Å². The van der Waals surface area contributed by atoms with Gasteiger partial charge in [-0.2, -0.15) is 0 Å². The molecule has 1 aliphatic rings. The minimum atomic E-state index is 0.762. The molecule has 0 amide bonds. The van der Waals surface area contributed by atoms with E-state index in [2.05, 4.69) is 31.1 Å². The molecule has 1 saturated heterocycles. The molecular formula is C10H22N2. The van der Waals surface area contributed by atoms with E-state index in [0.29, 0.717) is 0 Å². The average Bonchev–Trinajstić information content (AvgIpc) is 2.17. The summed E-state index contributed by atoms with van der Waals surface area (Å²) in [7, 11) is 2.24. The molecule has 2 unspecified atom stereocenters. The third-order valence-electron chi connectivity index (χ3n) is 3.08. The van der Waals surface area contributed by atoms with Gasteiger partial charge in [0.15, 0.2) is 0 Å². The molecule has 12 heavy (non-hydrogen) atoms. The zero-order valence-electron chi connectivity index (χ0n) is 8.64. The van der Waals surface area contributed by atoms with Crippen LogP contribution in [0.15, 0.2) is 0 Å². The van der Waals surface area contributed by atoms with Crippen molar-refractivity contribution in [2.24, 2.45) is 0 Å². The standard InChI is InChI=1S/C10H22N2/c1-4-9-8-10(6-7-11-9)12(3)5-2/h9-11H,4-8H2,1-3H3. The van der Waals surface area contributed by atoms with Crippen molar-refractivity contribution in [2.45, 2.75) is 45.2 Å². The molecule has 0 bridgehead atoms. The Morgan fingerprint density at radius 1 is 1.42 bits per heavy atom. The zero-order chi connectivity index (χ0) is 8.97. The Hall–Kier alpha value is -0.0800. The van der Waals surface area contributed by atoms with Gasteiger partial charge in [0, 0.05) is 12.1 Å². The van der Waals surface area contributed by atoms with E-state index < -0.39 is 0 Å². The summed E-state index contributed by atoms with van der Waals surface area (Å²) in [6, 6.07) is 1.58. The second-order valence-corrected chi connectivity index (χ2v) is 3.81. The van der Waals surface area contributed by atoms with Crippen molar-refractivity contribution in [1.29, 1.82) is 0 Å². The number of piperidine rings is 1. The molecule has 0 aromatic rings. The molecule has 0 saturated carbocycles. The van der Waals surface area contributed by atoms with Gasteiger partial charge in [-0.3, -0.25) is 0 Å². The van der Waals surface area contributed by atoms with E-state index in [9.17, 15) is 0 Å². The topological polar surface area (TPSA) is 15.3 Å². The lowest BCUT2D eigenvalue weighted by molar-refractivity contribution is 0.180. The molecule has 1 rings (SSSR count). The minimum Gasteiger partial charge on any atom is -0.314 e. The Bertz CT molecular complexity index is 123. The molecule has 1 aliphatic heterocycles. The summed E-state index contributed by atoms with van der Waals surface area (Å²) in [4.78, 5) is 2.48. The van der Waals surface area contributed by atoms with Crippen LogP contribution in [0, 0.1) is 0 Å². The quantitative estimate of drug-likeness (QED) is 0.690. The molecule has 0 aromatic carbocycles. The SMILES string of the molecule is CCC1CC(N(C)CC)CCN1. The van der Waals surface area contributed by atoms with Gasteiger partial charge in [-0.05, 0) is 39.4 Å². The molecular weight excluding hydrogens is 148 g/mol. The van der Waals surface area contributed by atoms with Gasteiger partial charge >= 0.3 is 0 Å². The van der Waals surface area contributed by atoms with Crippen LogP contribution < -0.4 is 5.32 Å². The van der Waals surface area contributed by atoms with Crippen LogP contribution in [0.5, 0.6) is 0 Å². The lowest BCUT2D eigenvalue weighted by Crippen LogP contribution is -2.46. The highest BCUT2D eigenvalue weighted by Crippen LogP contribution is 2.15. The predicted octanol–water partition coefficient (Wildman–Crippen LogP) is 1.47. The second-order valence-electron chi connectivity index (χ2n) is 3.81. The van der Waals surface area contributed by atoms with E-state index in [0.717, 1.165) is 12.1 Å². The zero-order valence-corrected chi connectivity index (χ0v) is 8.64. The average molecular weight is 170 g/mol. The van der Waals surface area contributed by atoms with Crippen LogP contribution in [0.3, 0.4) is 0 Å². The third kappa shape index (κ3) is 2.46. The first-order chi connectivity index (χ1) is 5.77. The van der Waals surface area contributed by atoms with E-state index in [1.54, 1.807) is 0 Å². The van der Waals surface area contributed by atoms with E-state index in [1.165, 1.54) is 32.4 Å². The van der Waals surface area contributed by atoms with Gasteiger partial charge in [0.05, 0.1) is 0 Å². The summed E-state index contributed by atoms with van der Waals surface area (Å²) in [6.45, 7) is 6.89. The summed E-state index contributed by atoms with van der Waals surface area (Å²) in [5, 5.41) is 3.55. The predicted molar refractivity (Wildman–Crippen MR) is 53.4 cm³/mol. The van der Waals surface area contributed by atoms with Crippen LogP contribution in [0.4, 0.5) is 0 Å². The summed E-state index contributed by atoms with van der Waals surface area (Å²) >= 11 is 0. The van der Waals surface area contributed by atoms with Crippen LogP contribution in [0.25, 0.3) is 0 Å². The molecule has 0 aromatic heterocycles. The number of nitrogens with one attached hydrogen (secondary N) is 1. The molecule has 2 nitrogen and oxygen atoms in total. The monoisotopic (exact) mass is 170 g/mol. The first-order valence-electron chi connectivity index (χ1n) is 5.21. The van der Waals surface area contributed by atoms with Crippen molar-refractivity contribution < 1.29 is 0 Å². The summed E-state index contributed by atoms with van der Waals surface area (Å²) in [6.07, 6.45) is 3.93. The molecule has 0 aliphatic carbocycles. The highest BCUT2D eigenvalue weighted by atomic mass is 15.1. The maximum absolute atomic E-state index is 3.55. The fraction of sp³-hybridized carbons (Fsp3) is 1.00. The molecule has 1 N–H and O–H groups in total. The number of nitrogens with zero attached hydrogens (tertiary/aromatic N) is 1. The van der Waals surface area contributed by atoms with Crippen molar-refractivity contribution in [1.82, 2.24) is 10.2 Å². The Labute approximate surface area is 76.3 Å². The maximum atomic E-state index is 3.55. The second kappa shape index (κ2) is 4.83. The van der Waals surface area contributed by atoms with E-state index in [-0.39, 0.29) is 0 Å². The summed E-state index contributed by atoms with van der Waals surface area (Å²) in [5.74, 6) is 0. The van der Waals surface area contributed by atoms with E-state index >= 15 is 0 Å². The Kier molecular flexibility index (Phi) is 4.02. The highest BCUT2D eigenvalue weighted by Gasteiger charge is 2.22. The molecule has 72 valence electrons. The summed E-state index contributed by atoms with van der Waals surface area (Å²) in [5.41, 5.74) is 0. The van der Waals surface area contributed by atoms with Gasteiger partial charge in [0.25, 0.3) is 0 Å². The van der Waals surface area contributed by atoms with Gasteiger partial charge in [-0.15, -0.1) is 0 Å². The minimum absolute atomic E-state index is 0.762. The number of rotatable bonds is 3. The largest absolute Gasteiger partial charge is 0.314 e. The molecule has 2 heteroatoms. The van der Waals surface area contributed by atoms with Gasteiger partial charge < -0.3 is 10.2 Å². The molecule has 1 fully saturated rings. The molecule has 2 atom stereocenters. The van der Waals surface area contributed by atoms with Gasteiger partial charge in [0.1, 0.15) is 0 Å². The number of hydrogen-bond acceptors (Lipinski definition) is 2. The van der Waals surface area contributed by atoms with Crippen molar-refractivity contribution >= 4 is 0 Å². The van der Waals surface area contributed by atoms with Crippen LogP contribution in [-0.4, -0.2) is 37.1 Å². The Morgan fingerprint density at radius 2 is 2.17 bits per heavy atom. The van der Waals surface area contributed by atoms with Crippen LogP contribution >= 0.6 is 0 Å². The maximum Gasteiger partial charge on any atom is 0.0119 e. The highest BCUT2D eigenvalue weighted by molar-refractivity contribution is 4.81. The fourth-order valence-corrected chi connectivity index (χ4v) is 1.95. The number of hydrogen-bond donors (Lipinski definition) is 1. The van der Waals surface area contributed by atoms with Crippen molar-refractivity contribution in [3.8, 4) is 0 Å². The molecule has 1 heterocycles. The lowest BCUT2D eigenvalue weighted by Gasteiger charge is -2.35. The van der Waals surface area contributed by atoms with E-state index in [1.807, 2.05) is 0 Å². The summed E-state index contributed by atoms with van der Waals surface area (Å²) < 4.78 is 0. The smallest absolute Gasteiger partial charge is 0.0119 e. The fourth-order valence-electron chi connectivity index (χ4n) is 1.95. The lowest BCUT2D eigenvalue weighted by atomic mass is 9.97. The van der Waals surface area contributed by atoms with Crippen LogP contribution in [-0.2, 0) is 0 Å². The van der Waals surface area contributed by atoms with Gasteiger partial charge in [-0.25, -0.2) is 0 Å². The molecule has 0 spiro atoms. The molecule has 0 radical (unpaired) electrons. The normalized spacial score (nSPS) is 31.0. The third-order valence-corrected chi connectivity index (χ3v) is 3.08. The first-order valence-corrected chi connectivity index (χ1v) is 5.21. The van der Waals surface area contributed by atoms with Crippen molar-refractivity contribution in [3.63, 3.8) is 0 Å². The van der Waals surface area contributed by atoms with Crippen LogP contribution in [0.1, 0.15) is 33.1 Å². The van der Waals surface area contributed by atoms with Gasteiger partial charge in [-0.1, -0.05) is 13.8 Å². The van der Waals surface area contributed by atoms with E-state index in [4.69, 9.17) is 0 Å². The Balaban J connectivity index is 2.34. The van der Waals surface area contributed by atoms with Crippen molar-refractivity contribution in [2.75, 3.05) is 20.1 Å². The Morgan fingerprint density at radius 3 is 2.75 bits per heavy atom.